The van der Waals surface area contributed by atoms with E-state index in [1.807, 2.05) is 0 Å². The van der Waals surface area contributed by atoms with Crippen molar-refractivity contribution in [2.24, 2.45) is 0 Å². The summed E-state index contributed by atoms with van der Waals surface area (Å²) >= 11 is -0.395. The lowest BCUT2D eigenvalue weighted by Gasteiger charge is -2.09. The highest BCUT2D eigenvalue weighted by atomic mass is 35.5. The van der Waals surface area contributed by atoms with Gasteiger partial charge in [-0.05, 0) is 30.0 Å². The number of nitrogen functional groups attached to an aromatic ring is 1. The number of carbonyl (C=O) groups is 1. The molecule has 1 rings (SSSR count). The van der Waals surface area contributed by atoms with Crippen LogP contribution in [0.3, 0.4) is 0 Å². The Morgan fingerprint density at radius 2 is 2.11 bits per heavy atom. The molecule has 0 spiro atoms. The number of ether oxygens (including phenoxy) is 1. The van der Waals surface area contributed by atoms with Gasteiger partial charge in [-0.1, -0.05) is 0 Å². The van der Waals surface area contributed by atoms with Crippen LogP contribution in [0.4, 0.5) is 24.5 Å². The van der Waals surface area contributed by atoms with Gasteiger partial charge in [-0.3, -0.25) is 4.79 Å². The summed E-state index contributed by atoms with van der Waals surface area (Å²) in [6.07, 6.45) is 0. The van der Waals surface area contributed by atoms with Crippen molar-refractivity contribution in [1.82, 2.24) is 0 Å². The van der Waals surface area contributed by atoms with Crippen LogP contribution in [-0.2, 0) is 4.79 Å². The lowest BCUT2D eigenvalue weighted by atomic mass is 10.2. The van der Waals surface area contributed by atoms with E-state index in [1.54, 1.807) is 0 Å². The standard InChI is InChI=1S/C10H11F3N2O2S.ClH/c1-17-8-3-2-6(4-7(8)14)15-9(16)5-18-10(11,12)13;/h2-4H,5,14H2,1H3,(H,15,16);1H. The third kappa shape index (κ3) is 6.44. The Bertz CT molecular complexity index is 443. The Kier molecular flexibility index (Phi) is 6.85. The van der Waals surface area contributed by atoms with Crippen LogP contribution < -0.4 is 15.8 Å². The molecule has 0 saturated heterocycles. The average molecular weight is 317 g/mol. The van der Waals surface area contributed by atoms with Crippen LogP contribution in [-0.4, -0.2) is 24.3 Å². The number of alkyl halides is 3. The fourth-order valence-electron chi connectivity index (χ4n) is 1.16. The lowest BCUT2D eigenvalue weighted by Crippen LogP contribution is -2.17. The zero-order valence-corrected chi connectivity index (χ0v) is 11.4. The zero-order chi connectivity index (χ0) is 13.8. The fraction of sp³-hybridized carbons (Fsp3) is 0.300. The molecular formula is C10H12ClF3N2O2S. The Morgan fingerprint density at radius 1 is 1.47 bits per heavy atom. The first-order chi connectivity index (χ1) is 8.31. The number of hydrogen-bond donors (Lipinski definition) is 2. The molecule has 1 amide bonds. The molecule has 3 N–H and O–H groups in total. The Balaban J connectivity index is 0.00000324. The van der Waals surface area contributed by atoms with E-state index in [9.17, 15) is 18.0 Å². The summed E-state index contributed by atoms with van der Waals surface area (Å²) in [6, 6.07) is 4.42. The monoisotopic (exact) mass is 316 g/mol. The van der Waals surface area contributed by atoms with Crippen LogP contribution in [0.5, 0.6) is 5.75 Å². The van der Waals surface area contributed by atoms with Crippen molar-refractivity contribution < 1.29 is 22.7 Å². The molecule has 0 aliphatic carbocycles. The number of methoxy groups -OCH3 is 1. The van der Waals surface area contributed by atoms with Gasteiger partial charge in [0, 0.05) is 5.69 Å². The molecule has 19 heavy (non-hydrogen) atoms. The van der Waals surface area contributed by atoms with Gasteiger partial charge >= 0.3 is 5.51 Å². The van der Waals surface area contributed by atoms with Crippen LogP contribution in [0.2, 0.25) is 0 Å². The number of anilines is 2. The van der Waals surface area contributed by atoms with Gasteiger partial charge in [-0.15, -0.1) is 12.4 Å². The molecule has 108 valence electrons. The maximum atomic E-state index is 11.9. The summed E-state index contributed by atoms with van der Waals surface area (Å²) in [7, 11) is 1.43. The minimum atomic E-state index is -4.42. The number of nitrogens with two attached hydrogens (primary N) is 1. The number of rotatable bonds is 4. The van der Waals surface area contributed by atoms with E-state index in [1.165, 1.54) is 25.3 Å². The molecule has 4 nitrogen and oxygen atoms in total. The van der Waals surface area contributed by atoms with Crippen LogP contribution in [0.25, 0.3) is 0 Å². The molecule has 0 fully saturated rings. The molecule has 0 bridgehead atoms. The maximum Gasteiger partial charge on any atom is 0.442 e. The Hall–Kier alpha value is -1.28. The molecule has 1 aromatic rings. The average Bonchev–Trinajstić information content (AvgIpc) is 2.26. The molecule has 0 unspecified atom stereocenters. The molecule has 0 aromatic heterocycles. The number of halogens is 4. The van der Waals surface area contributed by atoms with Gasteiger partial charge in [0.15, 0.2) is 0 Å². The molecule has 9 heteroatoms. The minimum Gasteiger partial charge on any atom is -0.495 e. The molecule has 0 radical (unpaired) electrons. The summed E-state index contributed by atoms with van der Waals surface area (Å²) < 4.78 is 40.5. The highest BCUT2D eigenvalue weighted by Gasteiger charge is 2.29. The van der Waals surface area contributed by atoms with Gasteiger partial charge in [-0.2, -0.15) is 13.2 Å². The molecule has 0 aliphatic rings. The normalized spacial score (nSPS) is 10.5. The van der Waals surface area contributed by atoms with Crippen LogP contribution in [0.15, 0.2) is 18.2 Å². The van der Waals surface area contributed by atoms with Crippen LogP contribution >= 0.6 is 24.2 Å². The van der Waals surface area contributed by atoms with Gasteiger partial charge in [0.25, 0.3) is 0 Å². The molecule has 0 aliphatic heterocycles. The first kappa shape index (κ1) is 17.7. The van der Waals surface area contributed by atoms with Crippen molar-refractivity contribution >= 4 is 41.5 Å². The predicted molar refractivity (Wildman–Crippen MR) is 71.8 cm³/mol. The molecular weight excluding hydrogens is 305 g/mol. The number of hydrogen-bond acceptors (Lipinski definition) is 4. The van der Waals surface area contributed by atoms with E-state index in [2.05, 4.69) is 5.32 Å². The van der Waals surface area contributed by atoms with E-state index in [0.29, 0.717) is 17.1 Å². The van der Waals surface area contributed by atoms with Gasteiger partial charge in [0.1, 0.15) is 5.75 Å². The van der Waals surface area contributed by atoms with Crippen molar-refractivity contribution in [1.29, 1.82) is 0 Å². The van der Waals surface area contributed by atoms with Crippen molar-refractivity contribution in [3.8, 4) is 5.75 Å². The van der Waals surface area contributed by atoms with Gasteiger partial charge in [0.2, 0.25) is 5.91 Å². The smallest absolute Gasteiger partial charge is 0.442 e. The van der Waals surface area contributed by atoms with Crippen LogP contribution in [0, 0.1) is 0 Å². The number of thioether (sulfide) groups is 1. The highest BCUT2D eigenvalue weighted by molar-refractivity contribution is 8.00. The number of amides is 1. The topological polar surface area (TPSA) is 64.3 Å². The third-order valence-corrected chi connectivity index (χ3v) is 2.61. The summed E-state index contributed by atoms with van der Waals surface area (Å²) in [5.41, 5.74) is 1.78. The van der Waals surface area contributed by atoms with Crippen molar-refractivity contribution in [3.63, 3.8) is 0 Å². The van der Waals surface area contributed by atoms with Gasteiger partial charge < -0.3 is 15.8 Å². The van der Waals surface area contributed by atoms with Gasteiger partial charge in [0.05, 0.1) is 18.6 Å². The number of carbonyl (C=O) groups excluding carboxylic acids is 1. The summed E-state index contributed by atoms with van der Waals surface area (Å²) in [6.45, 7) is 0. The van der Waals surface area contributed by atoms with Crippen molar-refractivity contribution in [3.05, 3.63) is 18.2 Å². The molecule has 0 saturated carbocycles. The molecule has 0 heterocycles. The number of benzene rings is 1. The van der Waals surface area contributed by atoms with E-state index in [0.717, 1.165) is 0 Å². The van der Waals surface area contributed by atoms with E-state index < -0.39 is 28.9 Å². The van der Waals surface area contributed by atoms with E-state index in [-0.39, 0.29) is 12.4 Å². The van der Waals surface area contributed by atoms with Crippen molar-refractivity contribution in [2.45, 2.75) is 5.51 Å². The van der Waals surface area contributed by atoms with Gasteiger partial charge in [-0.25, -0.2) is 0 Å². The quantitative estimate of drug-likeness (QED) is 0.838. The molecule has 1 aromatic carbocycles. The first-order valence-corrected chi connectivity index (χ1v) is 5.74. The second kappa shape index (κ2) is 7.34. The zero-order valence-electron chi connectivity index (χ0n) is 9.78. The van der Waals surface area contributed by atoms with Crippen LogP contribution in [0.1, 0.15) is 0 Å². The largest absolute Gasteiger partial charge is 0.495 e. The number of nitrogens with one attached hydrogen (secondary N) is 1. The lowest BCUT2D eigenvalue weighted by molar-refractivity contribution is -0.114. The summed E-state index contributed by atoms with van der Waals surface area (Å²) in [5, 5.41) is 2.31. The second-order valence-electron chi connectivity index (χ2n) is 3.24. The highest BCUT2D eigenvalue weighted by Crippen LogP contribution is 2.30. The Labute approximate surface area is 118 Å². The maximum absolute atomic E-state index is 11.9. The fourth-order valence-corrected chi connectivity index (χ4v) is 1.52. The Morgan fingerprint density at radius 3 is 2.58 bits per heavy atom. The third-order valence-electron chi connectivity index (χ3n) is 1.88. The second-order valence-corrected chi connectivity index (χ2v) is 4.28. The minimum absolute atomic E-state index is 0. The predicted octanol–water partition coefficient (Wildman–Crippen LogP) is 2.89. The van der Waals surface area contributed by atoms with E-state index >= 15 is 0 Å². The van der Waals surface area contributed by atoms with Crippen molar-refractivity contribution in [2.75, 3.05) is 23.9 Å². The summed E-state index contributed by atoms with van der Waals surface area (Å²) in [5.74, 6) is -1.02. The first-order valence-electron chi connectivity index (χ1n) is 4.76. The van der Waals surface area contributed by atoms with E-state index in [4.69, 9.17) is 10.5 Å². The summed E-state index contributed by atoms with van der Waals surface area (Å²) in [4.78, 5) is 11.2. The SMILES string of the molecule is COc1ccc(NC(=O)CSC(F)(F)F)cc1N.Cl. The molecule has 0 atom stereocenters.